The van der Waals surface area contributed by atoms with Gasteiger partial charge in [-0.3, -0.25) is 67.1 Å². The highest BCUT2D eigenvalue weighted by atomic mass is 16.5. The predicted molar refractivity (Wildman–Crippen MR) is 397 cm³/mol. The second-order valence-corrected chi connectivity index (χ2v) is 26.4. The number of aliphatic hydroxyl groups is 3. The molecule has 7 atom stereocenters. The molecule has 2 heterocycles. The Morgan fingerprint density at radius 2 is 0.937 bits per heavy atom. The van der Waals surface area contributed by atoms with Crippen LogP contribution in [0.5, 0.6) is 0 Å². The fourth-order valence-corrected chi connectivity index (χ4v) is 10.7. The van der Waals surface area contributed by atoms with Crippen LogP contribution in [-0.2, 0) is 98.9 Å². The van der Waals surface area contributed by atoms with E-state index >= 15 is 0 Å². The first-order valence-electron chi connectivity index (χ1n) is 37.8. The quantitative estimate of drug-likeness (QED) is 0.0274. The fourth-order valence-electron chi connectivity index (χ4n) is 10.7. The normalized spacial score (nSPS) is 13.0. The summed E-state index contributed by atoms with van der Waals surface area (Å²) >= 11 is 0. The van der Waals surface area contributed by atoms with Gasteiger partial charge in [0, 0.05) is 77.2 Å². The van der Waals surface area contributed by atoms with Crippen LogP contribution < -0.4 is 70.0 Å². The van der Waals surface area contributed by atoms with Crippen LogP contribution in [0.1, 0.15) is 153 Å². The Kier molecular flexibility index (Phi) is 53.0. The first-order chi connectivity index (χ1) is 53.3. The van der Waals surface area contributed by atoms with Gasteiger partial charge in [-0.1, -0.05) is 95.6 Å². The Bertz CT molecular complexity index is 3060. The number of likely N-dealkylation sites (N-methyl/N-ethyl adjacent to an activating group) is 2. The molecule has 0 saturated heterocycles. The number of rotatable bonds is 67. The van der Waals surface area contributed by atoms with Crippen molar-refractivity contribution in [3.63, 3.8) is 0 Å². The minimum atomic E-state index is -1.97. The molecule has 0 spiro atoms. The van der Waals surface area contributed by atoms with Crippen molar-refractivity contribution < 1.29 is 101 Å². The number of aliphatic hydroxyl groups excluding tert-OH is 3. The van der Waals surface area contributed by atoms with Crippen LogP contribution in [0.4, 0.5) is 0 Å². The molecular formula is C69H121N21O21. The highest BCUT2D eigenvalue weighted by Crippen LogP contribution is 2.15. The van der Waals surface area contributed by atoms with Crippen molar-refractivity contribution in [2.24, 2.45) is 11.5 Å². The molecule has 628 valence electrons. The number of carbonyl (C=O) groups is 14. The third-order valence-electron chi connectivity index (χ3n) is 16.9. The molecule has 42 heteroatoms. The maximum absolute atomic E-state index is 14.5. The molecule has 14 amide bonds. The van der Waals surface area contributed by atoms with Gasteiger partial charge in [0.1, 0.15) is 55.5 Å². The highest BCUT2D eigenvalue weighted by Gasteiger charge is 2.36. The van der Waals surface area contributed by atoms with E-state index in [9.17, 15) is 82.4 Å². The molecule has 0 fully saturated rings. The number of aryl methyl sites for hydroxylation is 1. The first-order valence-corrected chi connectivity index (χ1v) is 37.8. The number of carbonyl (C=O) groups excluding carboxylic acids is 14. The summed E-state index contributed by atoms with van der Waals surface area (Å²) in [5.74, 6) is -11.3. The molecule has 0 aliphatic rings. The Balaban J connectivity index is 1.78. The number of hydrogen-bond donors (Lipinski definition) is 18. The Labute approximate surface area is 646 Å². The molecule has 0 aliphatic carbocycles. The molecular weight excluding hydrogens is 1460 g/mol. The average Bonchev–Trinajstić information content (AvgIpc) is 1.70. The zero-order chi connectivity index (χ0) is 82.0. The van der Waals surface area contributed by atoms with Crippen LogP contribution in [-0.4, -0.2) is 314 Å². The smallest absolute Gasteiger partial charge is 0.246 e. The summed E-state index contributed by atoms with van der Waals surface area (Å²) < 4.78 is 21.4. The third-order valence-corrected chi connectivity index (χ3v) is 16.9. The number of aromatic nitrogens is 6. The summed E-state index contributed by atoms with van der Waals surface area (Å²) in [7, 11) is 4.85. The van der Waals surface area contributed by atoms with Crippen LogP contribution in [0.3, 0.4) is 0 Å². The number of nitrogens with zero attached hydrogens (tertiary/aromatic N) is 6. The summed E-state index contributed by atoms with van der Waals surface area (Å²) in [4.78, 5) is 192. The Morgan fingerprint density at radius 3 is 1.41 bits per heavy atom. The summed E-state index contributed by atoms with van der Waals surface area (Å²) in [6.07, 6.45) is 18.6. The molecule has 20 N–H and O–H groups in total. The monoisotopic (exact) mass is 1580 g/mol. The lowest BCUT2D eigenvalue weighted by molar-refractivity contribution is -0.141. The van der Waals surface area contributed by atoms with E-state index in [2.05, 4.69) is 89.1 Å². The summed E-state index contributed by atoms with van der Waals surface area (Å²) in [5, 5.41) is 71.0. The summed E-state index contributed by atoms with van der Waals surface area (Å²) in [6, 6.07) is -11.6. The van der Waals surface area contributed by atoms with Gasteiger partial charge in [0.25, 0.3) is 0 Å². The number of primary amides is 2. The van der Waals surface area contributed by atoms with Gasteiger partial charge in [-0.15, -0.1) is 10.2 Å². The minimum Gasteiger partial charge on any atom is -0.394 e. The van der Waals surface area contributed by atoms with Crippen LogP contribution in [0.25, 0.3) is 0 Å². The number of aromatic amines is 2. The zero-order valence-corrected chi connectivity index (χ0v) is 64.5. The number of imidazole rings is 1. The van der Waals surface area contributed by atoms with Gasteiger partial charge in [0.15, 0.2) is 5.82 Å². The van der Waals surface area contributed by atoms with Crippen molar-refractivity contribution in [2.45, 2.75) is 197 Å². The number of amides is 14. The molecule has 0 aliphatic heterocycles. The Morgan fingerprint density at radius 1 is 0.486 bits per heavy atom. The van der Waals surface area contributed by atoms with Gasteiger partial charge < -0.3 is 119 Å². The fraction of sp³-hybridized carbons (Fsp3) is 0.739. The van der Waals surface area contributed by atoms with Crippen molar-refractivity contribution >= 4 is 82.7 Å². The predicted octanol–water partition coefficient (Wildman–Crippen LogP) is -6.19. The van der Waals surface area contributed by atoms with Crippen molar-refractivity contribution in [3.8, 4) is 0 Å². The number of H-pyrrole nitrogens is 2. The SMILES string of the molecule is CCCC[C@H](NC(=O)CN(CCN(C)C)C(=O)[C@H](Cc1cnc[nH]1)NC(=O)[C@H](CCC(N)=O)NC(=O)[C@H](CO)NC(=O)[C@H](CO)NC(=O)[C@H](CCC(N)=O)NC(=O)[C@@H](CO)NC(=O)CNC(=O)COCCOCCNC(=O)COCCOCCNC(=O)CCCCCCCCCCCCCCCc1nn[nH]n1)C(=O)NC. The number of tetrazole rings is 1. The van der Waals surface area contributed by atoms with E-state index in [1.54, 1.807) is 19.0 Å². The number of hydrogen-bond acceptors (Lipinski definition) is 26. The maximum Gasteiger partial charge on any atom is 0.246 e. The van der Waals surface area contributed by atoms with Gasteiger partial charge >= 0.3 is 0 Å². The second-order valence-electron chi connectivity index (χ2n) is 26.4. The Hall–Kier alpha value is -9.46. The number of nitrogens with one attached hydrogen (secondary N) is 13. The van der Waals surface area contributed by atoms with Gasteiger partial charge in [0.05, 0.1) is 78.9 Å². The number of unbranched alkanes of at least 4 members (excludes halogenated alkanes) is 13. The molecule has 2 aromatic rings. The van der Waals surface area contributed by atoms with Crippen LogP contribution in [0.15, 0.2) is 12.5 Å². The third kappa shape index (κ3) is 46.7. The molecule has 2 aromatic heterocycles. The van der Waals surface area contributed by atoms with E-state index < -0.39 is 178 Å². The van der Waals surface area contributed by atoms with Crippen molar-refractivity contribution in [1.82, 2.24) is 98.9 Å². The molecule has 0 bridgehead atoms. The molecule has 42 nitrogen and oxygen atoms in total. The average molecular weight is 1580 g/mol. The van der Waals surface area contributed by atoms with Crippen LogP contribution >= 0.6 is 0 Å². The van der Waals surface area contributed by atoms with Gasteiger partial charge in [0.2, 0.25) is 82.7 Å². The lowest BCUT2D eigenvalue weighted by Crippen LogP contribution is -2.61. The second kappa shape index (κ2) is 60.3. The van der Waals surface area contributed by atoms with Crippen LogP contribution in [0.2, 0.25) is 0 Å². The molecule has 0 unspecified atom stereocenters. The molecule has 2 rings (SSSR count). The molecule has 0 saturated carbocycles. The van der Waals surface area contributed by atoms with E-state index in [4.69, 9.17) is 30.4 Å². The van der Waals surface area contributed by atoms with Crippen molar-refractivity contribution in [3.05, 3.63) is 24.0 Å². The molecule has 111 heavy (non-hydrogen) atoms. The lowest BCUT2D eigenvalue weighted by atomic mass is 10.0. The first kappa shape index (κ1) is 97.6. The van der Waals surface area contributed by atoms with Gasteiger partial charge in [-0.05, 0) is 46.2 Å². The molecule has 0 radical (unpaired) electrons. The number of ether oxygens (including phenoxy) is 4. The summed E-state index contributed by atoms with van der Waals surface area (Å²) in [6.45, 7) is -2.08. The van der Waals surface area contributed by atoms with E-state index in [0.29, 0.717) is 38.1 Å². The van der Waals surface area contributed by atoms with Crippen LogP contribution in [0, 0.1) is 0 Å². The lowest BCUT2D eigenvalue weighted by Gasteiger charge is -2.30. The maximum atomic E-state index is 14.5. The minimum absolute atomic E-state index is 0.0103. The summed E-state index contributed by atoms with van der Waals surface area (Å²) in [5.41, 5.74) is 11.1. The molecule has 0 aromatic carbocycles. The van der Waals surface area contributed by atoms with E-state index in [1.807, 2.05) is 6.92 Å². The van der Waals surface area contributed by atoms with E-state index in [-0.39, 0.29) is 77.5 Å². The standard InChI is InChI=1S/C69H121N21O21/c1-5-6-20-48(63(101)72-2)78-60(98)40-90(30-29-89(3)4)69(107)51(37-47-38-73-46-77-47)82-64(102)49(23-25-55(70)94)81-67(105)53(42-92)84-68(106)54(43-93)83-65(103)50(24-26-56(71)95)80-66(104)52(41-91)79-59(97)39-76-62(100)45-111-36-34-109-32-28-75-61(99)44-110-35-33-108-31-27-74-58(96)22-19-17-15-13-11-9-7-8-10-12-14-16-18-21-57-85-87-88-86-57/h38,46,48-54,91-93H,5-37,39-45H2,1-4H3,(H2,70,94)(H2,71,95)(H,72,101)(H,73,77)(H,74,96)(H,75,99)(H,76,100)(H,78,98)(H,79,97)(H,80,104)(H,81,105)(H,82,102)(H,83,103)(H,84,106)(H,85,86,87,88)/t48-,49-,50-,51-,52+,53-,54-/m0/s1. The van der Waals surface area contributed by atoms with E-state index in [1.165, 1.54) is 77.4 Å². The van der Waals surface area contributed by atoms with Crippen molar-refractivity contribution in [2.75, 3.05) is 133 Å². The van der Waals surface area contributed by atoms with Gasteiger partial charge in [-0.2, -0.15) is 5.21 Å². The van der Waals surface area contributed by atoms with Crippen molar-refractivity contribution in [1.29, 1.82) is 0 Å². The number of nitrogens with two attached hydrogens (primary N) is 2. The topological polar surface area (TPSA) is 611 Å². The highest BCUT2D eigenvalue weighted by molar-refractivity contribution is 5.98. The van der Waals surface area contributed by atoms with Gasteiger partial charge in [-0.25, -0.2) is 4.98 Å². The zero-order valence-electron chi connectivity index (χ0n) is 64.5. The van der Waals surface area contributed by atoms with E-state index in [0.717, 1.165) is 49.2 Å². The largest absolute Gasteiger partial charge is 0.394 e.